The van der Waals surface area contributed by atoms with E-state index in [1.807, 2.05) is 30.3 Å². The number of hydrogen-bond donors (Lipinski definition) is 3. The van der Waals surface area contributed by atoms with Gasteiger partial charge in [-0.05, 0) is 51.1 Å². The topological polar surface area (TPSA) is 129 Å². The van der Waals surface area contributed by atoms with Crippen LogP contribution in [0.4, 0.5) is 5.82 Å². The molecule has 2 aliphatic rings. The molecular weight excluding hydrogens is 538 g/mol. The zero-order valence-electron chi connectivity index (χ0n) is 23.5. The van der Waals surface area contributed by atoms with Crippen molar-refractivity contribution in [2.75, 3.05) is 18.9 Å². The molecule has 1 aliphatic carbocycles. The molecule has 3 aromatic rings. The first-order valence-electron chi connectivity index (χ1n) is 14.4. The lowest BCUT2D eigenvalue weighted by molar-refractivity contribution is -0.142. The molecule has 3 heterocycles. The maximum Gasteiger partial charge on any atom is 0.248 e. The number of carbonyl (C=O) groups excluding carboxylic acids is 3. The minimum atomic E-state index is -0.644. The number of nitrogens with one attached hydrogen (secondary N) is 3. The third-order valence-electron chi connectivity index (χ3n) is 8.04. The number of anilines is 1. The highest BCUT2D eigenvalue weighted by Crippen LogP contribution is 2.38. The van der Waals surface area contributed by atoms with Gasteiger partial charge in [-0.2, -0.15) is 0 Å². The van der Waals surface area contributed by atoms with Gasteiger partial charge in [0.15, 0.2) is 5.82 Å². The highest BCUT2D eigenvalue weighted by molar-refractivity contribution is 7.19. The molecule has 5 rings (SSSR count). The fraction of sp³-hybridized carbons (Fsp3) is 0.467. The Hall–Kier alpha value is -3.70. The summed E-state index contributed by atoms with van der Waals surface area (Å²) in [4.78, 5) is 56.4. The van der Waals surface area contributed by atoms with Crippen LogP contribution in [0, 0.1) is 5.92 Å². The van der Waals surface area contributed by atoms with E-state index in [4.69, 9.17) is 4.98 Å². The van der Waals surface area contributed by atoms with E-state index < -0.39 is 18.1 Å². The molecule has 2 aromatic heterocycles. The summed E-state index contributed by atoms with van der Waals surface area (Å²) in [7, 11) is 1.72. The van der Waals surface area contributed by atoms with E-state index in [0.29, 0.717) is 29.5 Å². The minimum absolute atomic E-state index is 0.0614. The van der Waals surface area contributed by atoms with Gasteiger partial charge in [0.1, 0.15) is 22.8 Å². The van der Waals surface area contributed by atoms with E-state index >= 15 is 0 Å². The average Bonchev–Trinajstić information content (AvgIpc) is 3.68. The van der Waals surface area contributed by atoms with E-state index in [9.17, 15) is 14.4 Å². The maximum atomic E-state index is 14.0. The second-order valence-electron chi connectivity index (χ2n) is 10.7. The van der Waals surface area contributed by atoms with Gasteiger partial charge in [0.25, 0.3) is 0 Å². The molecule has 1 aromatic carbocycles. The first kappa shape index (κ1) is 28.8. The molecule has 1 aliphatic heterocycles. The van der Waals surface area contributed by atoms with Gasteiger partial charge in [0.2, 0.25) is 17.7 Å². The molecule has 3 amide bonds. The summed E-state index contributed by atoms with van der Waals surface area (Å²) in [6.45, 7) is 2.25. The fourth-order valence-corrected chi connectivity index (χ4v) is 6.64. The van der Waals surface area contributed by atoms with Gasteiger partial charge in [-0.1, -0.05) is 49.6 Å². The van der Waals surface area contributed by atoms with Crippen LogP contribution < -0.4 is 16.0 Å². The van der Waals surface area contributed by atoms with Crippen molar-refractivity contribution in [3.63, 3.8) is 0 Å². The number of carbonyl (C=O) groups is 3. The fourth-order valence-electron chi connectivity index (χ4n) is 5.65. The van der Waals surface area contributed by atoms with Gasteiger partial charge in [-0.15, -0.1) is 11.3 Å². The van der Waals surface area contributed by atoms with Gasteiger partial charge in [0, 0.05) is 18.9 Å². The molecule has 1 saturated carbocycles. The van der Waals surface area contributed by atoms with Crippen LogP contribution in [0.5, 0.6) is 0 Å². The maximum absolute atomic E-state index is 14.0. The molecule has 3 atom stereocenters. The third kappa shape index (κ3) is 6.62. The molecule has 2 fully saturated rings. The zero-order chi connectivity index (χ0) is 28.8. The van der Waals surface area contributed by atoms with Crippen molar-refractivity contribution < 1.29 is 14.4 Å². The summed E-state index contributed by atoms with van der Waals surface area (Å²) in [6, 6.07) is 8.05. The molecular formula is C30H37N7O3S. The standard InChI is InChI=1S/C30H37N7O3S/c1-19(31-2)27(38)34-24(20-10-5-3-6-11-20)30(40)37-17-9-14-23(37)28(39)35-26-25(21-12-7-4-8-13-21)41-29(36-26)22-18-32-15-16-33-22/h4,7-8,12-13,15-16,18-20,23-24,31H,3,5-6,9-11,14,17H2,1-2H3,(H,34,38)(H,35,39)/t19-,23-,24-/m0/s1. The van der Waals surface area contributed by atoms with Crippen molar-refractivity contribution in [2.24, 2.45) is 5.92 Å². The second-order valence-corrected chi connectivity index (χ2v) is 11.7. The number of aromatic nitrogens is 3. The van der Waals surface area contributed by atoms with Crippen molar-refractivity contribution in [3.8, 4) is 21.1 Å². The lowest BCUT2D eigenvalue weighted by atomic mass is 9.83. The van der Waals surface area contributed by atoms with E-state index in [-0.39, 0.29) is 23.6 Å². The number of amides is 3. The second kappa shape index (κ2) is 13.3. The molecule has 10 nitrogen and oxygen atoms in total. The molecule has 0 unspecified atom stereocenters. The summed E-state index contributed by atoms with van der Waals surface area (Å²) >= 11 is 1.43. The first-order valence-corrected chi connectivity index (χ1v) is 15.2. The quantitative estimate of drug-likeness (QED) is 0.353. The lowest BCUT2D eigenvalue weighted by Crippen LogP contribution is -2.57. The number of benzene rings is 1. The SMILES string of the molecule is CN[C@@H](C)C(=O)N[C@H](C(=O)N1CCC[C@H]1C(=O)Nc1nc(-c2cnccn2)sc1-c1ccccc1)C1CCCCC1. The van der Waals surface area contributed by atoms with E-state index in [2.05, 4.69) is 25.9 Å². The average molecular weight is 576 g/mol. The zero-order valence-corrected chi connectivity index (χ0v) is 24.3. The monoisotopic (exact) mass is 575 g/mol. The van der Waals surface area contributed by atoms with Gasteiger partial charge in [-0.25, -0.2) is 4.98 Å². The number of nitrogens with zero attached hydrogens (tertiary/aromatic N) is 4. The van der Waals surface area contributed by atoms with Crippen LogP contribution in [0.25, 0.3) is 21.1 Å². The number of likely N-dealkylation sites (tertiary alicyclic amines) is 1. The molecule has 0 bridgehead atoms. The Morgan fingerprint density at radius 2 is 1.80 bits per heavy atom. The summed E-state index contributed by atoms with van der Waals surface area (Å²) in [5.74, 6) is -0.157. The summed E-state index contributed by atoms with van der Waals surface area (Å²) in [6.07, 6.45) is 11.1. The molecule has 41 heavy (non-hydrogen) atoms. The lowest BCUT2D eigenvalue weighted by Gasteiger charge is -2.35. The Morgan fingerprint density at radius 1 is 1.02 bits per heavy atom. The molecule has 0 radical (unpaired) electrons. The Kier molecular flexibility index (Phi) is 9.35. The van der Waals surface area contributed by atoms with Gasteiger partial charge < -0.3 is 20.9 Å². The summed E-state index contributed by atoms with van der Waals surface area (Å²) < 4.78 is 0. The van der Waals surface area contributed by atoms with Gasteiger partial charge in [0.05, 0.1) is 17.1 Å². The Balaban J connectivity index is 1.38. The molecule has 11 heteroatoms. The Labute approximate surface area is 244 Å². The van der Waals surface area contributed by atoms with Crippen LogP contribution in [0.3, 0.4) is 0 Å². The Bertz CT molecular complexity index is 1340. The van der Waals surface area contributed by atoms with E-state index in [1.54, 1.807) is 37.5 Å². The predicted molar refractivity (Wildman–Crippen MR) is 159 cm³/mol. The normalized spacial score (nSPS) is 19.0. The number of likely N-dealkylation sites (N-methyl/N-ethyl adjacent to an activating group) is 1. The highest BCUT2D eigenvalue weighted by Gasteiger charge is 2.41. The number of rotatable bonds is 9. The first-order chi connectivity index (χ1) is 20.0. The molecule has 1 saturated heterocycles. The smallest absolute Gasteiger partial charge is 0.248 e. The summed E-state index contributed by atoms with van der Waals surface area (Å²) in [5.41, 5.74) is 1.54. The molecule has 0 spiro atoms. The van der Waals surface area contributed by atoms with Crippen molar-refractivity contribution in [3.05, 3.63) is 48.9 Å². The van der Waals surface area contributed by atoms with Crippen molar-refractivity contribution in [1.29, 1.82) is 0 Å². The highest BCUT2D eigenvalue weighted by atomic mass is 32.1. The van der Waals surface area contributed by atoms with Crippen LogP contribution in [0.15, 0.2) is 48.9 Å². The molecule has 216 valence electrons. The van der Waals surface area contributed by atoms with Crippen molar-refractivity contribution in [1.82, 2.24) is 30.5 Å². The van der Waals surface area contributed by atoms with Gasteiger partial charge >= 0.3 is 0 Å². The van der Waals surface area contributed by atoms with E-state index in [0.717, 1.165) is 49.0 Å². The van der Waals surface area contributed by atoms with Crippen LogP contribution in [0.2, 0.25) is 0 Å². The Morgan fingerprint density at radius 3 is 2.51 bits per heavy atom. The van der Waals surface area contributed by atoms with Crippen LogP contribution in [-0.4, -0.2) is 69.3 Å². The van der Waals surface area contributed by atoms with Gasteiger partial charge in [-0.3, -0.25) is 24.4 Å². The van der Waals surface area contributed by atoms with Crippen LogP contribution in [0.1, 0.15) is 51.9 Å². The largest absolute Gasteiger partial charge is 0.343 e. The van der Waals surface area contributed by atoms with Crippen LogP contribution >= 0.6 is 11.3 Å². The predicted octanol–water partition coefficient (Wildman–Crippen LogP) is 3.87. The van der Waals surface area contributed by atoms with E-state index in [1.165, 1.54) is 11.3 Å². The van der Waals surface area contributed by atoms with Crippen LogP contribution in [-0.2, 0) is 14.4 Å². The van der Waals surface area contributed by atoms with Crippen molar-refractivity contribution in [2.45, 2.75) is 70.0 Å². The number of thiazole rings is 1. The van der Waals surface area contributed by atoms with Crippen molar-refractivity contribution >= 4 is 34.9 Å². The molecule has 3 N–H and O–H groups in total. The third-order valence-corrected chi connectivity index (χ3v) is 9.16. The number of hydrogen-bond acceptors (Lipinski definition) is 8. The minimum Gasteiger partial charge on any atom is -0.343 e. The summed E-state index contributed by atoms with van der Waals surface area (Å²) in [5, 5.41) is 9.66.